The van der Waals surface area contributed by atoms with Gasteiger partial charge in [0.25, 0.3) is 0 Å². The van der Waals surface area contributed by atoms with Crippen molar-refractivity contribution in [3.8, 4) is 0 Å². The van der Waals surface area contributed by atoms with E-state index in [1.54, 1.807) is 4.90 Å². The van der Waals surface area contributed by atoms with Gasteiger partial charge < -0.3 is 4.90 Å². The van der Waals surface area contributed by atoms with Crippen molar-refractivity contribution in [2.75, 3.05) is 13.1 Å². The number of carbonyl (C=O) groups excluding carboxylic acids is 1. The van der Waals surface area contributed by atoms with E-state index >= 15 is 0 Å². The number of rotatable bonds is 4. The van der Waals surface area contributed by atoms with Crippen LogP contribution in [0, 0.1) is 6.92 Å². The van der Waals surface area contributed by atoms with Crippen LogP contribution in [0.2, 0.25) is 0 Å². The number of likely N-dealkylation sites (N-methyl/N-ethyl adjacent to an activating group) is 1. The molecule has 0 saturated carbocycles. The Bertz CT molecular complexity index is 361. The number of amides is 1. The molecule has 0 fully saturated rings. The summed E-state index contributed by atoms with van der Waals surface area (Å²) in [4.78, 5) is 13.8. The summed E-state index contributed by atoms with van der Waals surface area (Å²) in [5.41, 5.74) is 1.96. The fourth-order valence-electron chi connectivity index (χ4n) is 1.70. The lowest BCUT2D eigenvalue weighted by Gasteiger charge is -2.22. The number of hydrogen-bond donors (Lipinski definition) is 0. The molecule has 0 bridgehead atoms. The van der Waals surface area contributed by atoms with Gasteiger partial charge in [-0.3, -0.25) is 4.79 Å². The Morgan fingerprint density at radius 3 is 2.38 bits per heavy atom. The summed E-state index contributed by atoms with van der Waals surface area (Å²) in [6.45, 7) is 7.29. The van der Waals surface area contributed by atoms with Gasteiger partial charge in [0.05, 0.1) is 0 Å². The molecule has 88 valence electrons. The number of halogens is 1. The highest BCUT2D eigenvalue weighted by Crippen LogP contribution is 2.25. The maximum atomic E-state index is 12.1. The van der Waals surface area contributed by atoms with Crippen LogP contribution in [-0.2, 0) is 4.79 Å². The van der Waals surface area contributed by atoms with Gasteiger partial charge >= 0.3 is 0 Å². The summed E-state index contributed by atoms with van der Waals surface area (Å²) in [6, 6.07) is 7.74. The molecule has 0 heterocycles. The minimum atomic E-state index is -0.568. The monoisotopic (exact) mass is 239 g/mol. The maximum absolute atomic E-state index is 12.1. The van der Waals surface area contributed by atoms with Crippen molar-refractivity contribution in [1.29, 1.82) is 0 Å². The summed E-state index contributed by atoms with van der Waals surface area (Å²) in [7, 11) is 0. The zero-order valence-electron chi connectivity index (χ0n) is 10.0. The molecular weight excluding hydrogens is 222 g/mol. The molecule has 1 atom stereocenters. The maximum Gasteiger partial charge on any atom is 0.245 e. The molecule has 0 N–H and O–H groups in total. The number of hydrogen-bond acceptors (Lipinski definition) is 1. The van der Waals surface area contributed by atoms with Crippen LogP contribution >= 0.6 is 11.6 Å². The zero-order chi connectivity index (χ0) is 12.1. The van der Waals surface area contributed by atoms with E-state index in [0.29, 0.717) is 13.1 Å². The highest BCUT2D eigenvalue weighted by Gasteiger charge is 2.22. The normalized spacial score (nSPS) is 12.2. The average molecular weight is 240 g/mol. The molecule has 1 unspecified atom stereocenters. The Kier molecular flexibility index (Phi) is 4.81. The van der Waals surface area contributed by atoms with Gasteiger partial charge in [-0.25, -0.2) is 0 Å². The van der Waals surface area contributed by atoms with Crippen LogP contribution in [0.25, 0.3) is 0 Å². The third-order valence-corrected chi connectivity index (χ3v) is 3.18. The molecule has 1 rings (SSSR count). The Balaban J connectivity index is 2.90. The number of nitrogens with zero attached hydrogens (tertiary/aromatic N) is 1. The first-order valence-electron chi connectivity index (χ1n) is 5.60. The van der Waals surface area contributed by atoms with E-state index in [1.807, 2.05) is 45.0 Å². The first-order chi connectivity index (χ1) is 7.61. The summed E-state index contributed by atoms with van der Waals surface area (Å²) in [5.74, 6) is -0.0130. The fraction of sp³-hybridized carbons (Fsp3) is 0.462. The van der Waals surface area contributed by atoms with E-state index in [4.69, 9.17) is 11.6 Å². The second-order valence-corrected chi connectivity index (χ2v) is 4.17. The van der Waals surface area contributed by atoms with E-state index < -0.39 is 5.38 Å². The molecule has 1 aromatic carbocycles. The van der Waals surface area contributed by atoms with Gasteiger partial charge in [-0.1, -0.05) is 24.3 Å². The summed E-state index contributed by atoms with van der Waals surface area (Å²) in [5, 5.41) is -0.568. The molecule has 0 spiro atoms. The molecule has 0 aliphatic carbocycles. The lowest BCUT2D eigenvalue weighted by Crippen LogP contribution is -2.33. The second kappa shape index (κ2) is 5.90. The van der Waals surface area contributed by atoms with Crippen LogP contribution in [0.1, 0.15) is 30.4 Å². The number of aryl methyl sites for hydroxylation is 1. The molecule has 0 aliphatic heterocycles. The highest BCUT2D eigenvalue weighted by molar-refractivity contribution is 6.30. The van der Waals surface area contributed by atoms with E-state index in [9.17, 15) is 4.79 Å². The quantitative estimate of drug-likeness (QED) is 0.740. The number of benzene rings is 1. The summed E-state index contributed by atoms with van der Waals surface area (Å²) >= 11 is 6.22. The SMILES string of the molecule is CCN(CC)C(=O)C(Cl)c1ccccc1C. The first kappa shape index (κ1) is 13.0. The van der Waals surface area contributed by atoms with E-state index in [-0.39, 0.29) is 5.91 Å². The molecule has 0 aromatic heterocycles. The third-order valence-electron chi connectivity index (χ3n) is 2.75. The largest absolute Gasteiger partial charge is 0.342 e. The van der Waals surface area contributed by atoms with Gasteiger partial charge in [0.1, 0.15) is 5.38 Å². The Hall–Kier alpha value is -1.02. The minimum absolute atomic E-state index is 0.0130. The fourth-order valence-corrected chi connectivity index (χ4v) is 2.08. The van der Waals surface area contributed by atoms with E-state index in [1.165, 1.54) is 0 Å². The van der Waals surface area contributed by atoms with Crippen molar-refractivity contribution in [1.82, 2.24) is 4.90 Å². The molecule has 2 nitrogen and oxygen atoms in total. The number of alkyl halides is 1. The molecule has 3 heteroatoms. The van der Waals surface area contributed by atoms with Gasteiger partial charge in [-0.15, -0.1) is 11.6 Å². The molecule has 0 saturated heterocycles. The van der Waals surface area contributed by atoms with Crippen molar-refractivity contribution in [2.45, 2.75) is 26.1 Å². The van der Waals surface area contributed by atoms with Gasteiger partial charge in [-0.05, 0) is 31.9 Å². The summed E-state index contributed by atoms with van der Waals surface area (Å²) in [6.07, 6.45) is 0. The molecular formula is C13H18ClNO. The minimum Gasteiger partial charge on any atom is -0.342 e. The smallest absolute Gasteiger partial charge is 0.245 e. The van der Waals surface area contributed by atoms with Crippen LogP contribution in [0.4, 0.5) is 0 Å². The van der Waals surface area contributed by atoms with Crippen LogP contribution in [0.15, 0.2) is 24.3 Å². The lowest BCUT2D eigenvalue weighted by molar-refractivity contribution is -0.130. The third kappa shape index (κ3) is 2.76. The predicted molar refractivity (Wildman–Crippen MR) is 67.7 cm³/mol. The Morgan fingerprint density at radius 1 is 1.31 bits per heavy atom. The second-order valence-electron chi connectivity index (χ2n) is 3.73. The van der Waals surface area contributed by atoms with Crippen LogP contribution in [0.5, 0.6) is 0 Å². The standard InChI is InChI=1S/C13H18ClNO/c1-4-15(5-2)13(16)12(14)11-9-7-6-8-10(11)3/h6-9,12H,4-5H2,1-3H3. The molecule has 0 aliphatic rings. The van der Waals surface area contributed by atoms with Gasteiger partial charge in [0, 0.05) is 13.1 Å². The zero-order valence-corrected chi connectivity index (χ0v) is 10.8. The Morgan fingerprint density at radius 2 is 1.88 bits per heavy atom. The molecule has 0 radical (unpaired) electrons. The van der Waals surface area contributed by atoms with Crippen molar-refractivity contribution in [3.63, 3.8) is 0 Å². The van der Waals surface area contributed by atoms with Crippen molar-refractivity contribution >= 4 is 17.5 Å². The average Bonchev–Trinajstić information content (AvgIpc) is 2.30. The predicted octanol–water partition coefficient (Wildman–Crippen LogP) is 3.14. The van der Waals surface area contributed by atoms with Crippen molar-refractivity contribution in [3.05, 3.63) is 35.4 Å². The van der Waals surface area contributed by atoms with Gasteiger partial charge in [0.15, 0.2) is 0 Å². The molecule has 16 heavy (non-hydrogen) atoms. The topological polar surface area (TPSA) is 20.3 Å². The van der Waals surface area contributed by atoms with Crippen molar-refractivity contribution < 1.29 is 4.79 Å². The Labute approximate surface area is 102 Å². The van der Waals surface area contributed by atoms with Crippen LogP contribution in [-0.4, -0.2) is 23.9 Å². The number of carbonyl (C=O) groups is 1. The van der Waals surface area contributed by atoms with Crippen LogP contribution in [0.3, 0.4) is 0 Å². The van der Waals surface area contributed by atoms with Gasteiger partial charge in [0.2, 0.25) is 5.91 Å². The molecule has 1 amide bonds. The van der Waals surface area contributed by atoms with E-state index in [2.05, 4.69) is 0 Å². The van der Waals surface area contributed by atoms with E-state index in [0.717, 1.165) is 11.1 Å². The highest BCUT2D eigenvalue weighted by atomic mass is 35.5. The van der Waals surface area contributed by atoms with Gasteiger partial charge in [-0.2, -0.15) is 0 Å². The first-order valence-corrected chi connectivity index (χ1v) is 6.03. The molecule has 1 aromatic rings. The summed E-state index contributed by atoms with van der Waals surface area (Å²) < 4.78 is 0. The van der Waals surface area contributed by atoms with Crippen LogP contribution < -0.4 is 0 Å². The lowest BCUT2D eigenvalue weighted by atomic mass is 10.0. The van der Waals surface area contributed by atoms with Crippen molar-refractivity contribution in [2.24, 2.45) is 0 Å².